The molecule has 1 unspecified atom stereocenters. The molecule has 4 rings (SSSR count). The van der Waals surface area contributed by atoms with Gasteiger partial charge in [-0.25, -0.2) is 9.97 Å². The Hall–Kier alpha value is -3.32. The summed E-state index contributed by atoms with van der Waals surface area (Å²) in [6, 6.07) is 14.7. The van der Waals surface area contributed by atoms with Crippen molar-refractivity contribution in [3.05, 3.63) is 65.4 Å². The zero-order valence-electron chi connectivity index (χ0n) is 16.4. The first-order valence-corrected chi connectivity index (χ1v) is 9.62. The largest absolute Gasteiger partial charge is 0.387 e. The highest BCUT2D eigenvalue weighted by atomic mass is 16.3. The van der Waals surface area contributed by atoms with Gasteiger partial charge in [0.2, 0.25) is 5.91 Å². The minimum Gasteiger partial charge on any atom is -0.387 e. The Kier molecular flexibility index (Phi) is 4.98. The molecule has 3 heterocycles. The van der Waals surface area contributed by atoms with Crippen LogP contribution < -0.4 is 4.90 Å². The van der Waals surface area contributed by atoms with Gasteiger partial charge in [-0.05, 0) is 43.7 Å². The number of aliphatic hydroxyl groups is 1. The van der Waals surface area contributed by atoms with Crippen LogP contribution in [0.1, 0.15) is 41.1 Å². The number of benzene rings is 1. The molecule has 1 aliphatic rings. The maximum absolute atomic E-state index is 13.3. The summed E-state index contributed by atoms with van der Waals surface area (Å²) < 4.78 is 0. The maximum Gasteiger partial charge on any atom is 0.261 e. The van der Waals surface area contributed by atoms with E-state index in [4.69, 9.17) is 0 Å². The molecule has 0 bridgehead atoms. The van der Waals surface area contributed by atoms with Gasteiger partial charge in [-0.15, -0.1) is 0 Å². The number of nitrogens with zero attached hydrogens (tertiary/aromatic N) is 4. The summed E-state index contributed by atoms with van der Waals surface area (Å²) in [5.74, 6) is -0.230. The summed E-state index contributed by atoms with van der Waals surface area (Å²) in [4.78, 5) is 38.0. The van der Waals surface area contributed by atoms with E-state index in [1.165, 1.54) is 4.90 Å². The Labute approximate surface area is 168 Å². The molecule has 3 aromatic rings. The quantitative estimate of drug-likeness (QED) is 0.724. The van der Waals surface area contributed by atoms with Gasteiger partial charge in [0.1, 0.15) is 18.6 Å². The van der Waals surface area contributed by atoms with Crippen molar-refractivity contribution in [3.63, 3.8) is 0 Å². The molecule has 7 heteroatoms. The summed E-state index contributed by atoms with van der Waals surface area (Å²) in [6.07, 6.45) is 0.0336. The smallest absolute Gasteiger partial charge is 0.261 e. The predicted molar refractivity (Wildman–Crippen MR) is 109 cm³/mol. The Morgan fingerprint density at radius 1 is 1.14 bits per heavy atom. The van der Waals surface area contributed by atoms with Crippen molar-refractivity contribution in [2.24, 2.45) is 0 Å². The lowest BCUT2D eigenvalue weighted by Gasteiger charge is -2.34. The van der Waals surface area contributed by atoms with Gasteiger partial charge in [0, 0.05) is 28.8 Å². The van der Waals surface area contributed by atoms with E-state index in [-0.39, 0.29) is 5.91 Å². The molecular formula is C22H22N4O3. The van der Waals surface area contributed by atoms with Crippen molar-refractivity contribution in [3.8, 4) is 0 Å². The second-order valence-electron chi connectivity index (χ2n) is 7.05. The minimum absolute atomic E-state index is 0.225. The zero-order chi connectivity index (χ0) is 20.5. The van der Waals surface area contributed by atoms with Crippen LogP contribution in [0, 0.1) is 6.92 Å². The number of rotatable bonds is 5. The van der Waals surface area contributed by atoms with Gasteiger partial charge in [0.15, 0.2) is 5.65 Å². The van der Waals surface area contributed by atoms with E-state index in [2.05, 4.69) is 9.97 Å². The van der Waals surface area contributed by atoms with Crippen molar-refractivity contribution < 1.29 is 14.7 Å². The highest BCUT2D eigenvalue weighted by Crippen LogP contribution is 2.39. The molecule has 7 nitrogen and oxygen atoms in total. The van der Waals surface area contributed by atoms with E-state index in [1.54, 1.807) is 23.1 Å². The summed E-state index contributed by atoms with van der Waals surface area (Å²) in [5, 5.41) is 10.4. The first kappa shape index (κ1) is 19.0. The van der Waals surface area contributed by atoms with E-state index in [0.29, 0.717) is 30.0 Å². The minimum atomic E-state index is -0.659. The van der Waals surface area contributed by atoms with Crippen molar-refractivity contribution >= 4 is 28.7 Å². The topological polar surface area (TPSA) is 86.6 Å². The normalized spacial score (nSPS) is 15.6. The van der Waals surface area contributed by atoms with Crippen molar-refractivity contribution in [1.29, 1.82) is 0 Å². The summed E-state index contributed by atoms with van der Waals surface area (Å²) in [7, 11) is 0. The second-order valence-corrected chi connectivity index (χ2v) is 7.05. The van der Waals surface area contributed by atoms with E-state index >= 15 is 0 Å². The Morgan fingerprint density at radius 3 is 2.66 bits per heavy atom. The second kappa shape index (κ2) is 7.60. The number of fused-ring (bicyclic) bond motifs is 2. The van der Waals surface area contributed by atoms with E-state index < -0.39 is 18.7 Å². The number of carbonyl (C=O) groups is 2. The predicted octanol–water partition coefficient (Wildman–Crippen LogP) is 2.83. The number of aromatic nitrogens is 2. The van der Waals surface area contributed by atoms with Gasteiger partial charge in [0.25, 0.3) is 5.91 Å². The highest BCUT2D eigenvalue weighted by molar-refractivity contribution is 6.11. The fraction of sp³-hybridized carbons (Fsp3) is 0.273. The molecule has 2 amide bonds. The van der Waals surface area contributed by atoms with Crippen molar-refractivity contribution in [2.45, 2.75) is 26.4 Å². The van der Waals surface area contributed by atoms with E-state index in [1.807, 2.05) is 44.2 Å². The maximum atomic E-state index is 13.3. The van der Waals surface area contributed by atoms with Crippen LogP contribution >= 0.6 is 0 Å². The molecule has 0 fully saturated rings. The lowest BCUT2D eigenvalue weighted by Crippen LogP contribution is -2.45. The average Bonchev–Trinajstić information content (AvgIpc) is 3.03. The molecule has 0 spiro atoms. The SMILES string of the molecule is CCCN(C(=O)CO)C1c2ccccc2C(=O)N1c1ccc2ccc(C)nc2n1. The zero-order valence-corrected chi connectivity index (χ0v) is 16.4. The number of pyridine rings is 2. The number of carbonyl (C=O) groups excluding carboxylic acids is 2. The fourth-order valence-electron chi connectivity index (χ4n) is 3.77. The number of amides is 2. The van der Waals surface area contributed by atoms with Gasteiger partial charge in [0.05, 0.1) is 0 Å². The molecule has 1 aliphatic heterocycles. The highest BCUT2D eigenvalue weighted by Gasteiger charge is 2.43. The van der Waals surface area contributed by atoms with Crippen LogP contribution in [-0.4, -0.2) is 44.9 Å². The number of aliphatic hydroxyl groups excluding tert-OH is 1. The van der Waals surface area contributed by atoms with Crippen LogP contribution in [0.3, 0.4) is 0 Å². The Bertz CT molecular complexity index is 1100. The van der Waals surface area contributed by atoms with Crippen LogP contribution in [0.25, 0.3) is 11.0 Å². The van der Waals surface area contributed by atoms with Crippen LogP contribution in [0.2, 0.25) is 0 Å². The summed E-state index contributed by atoms with van der Waals surface area (Å²) in [5.41, 5.74) is 2.63. The first-order valence-electron chi connectivity index (χ1n) is 9.62. The molecule has 1 N–H and O–H groups in total. The monoisotopic (exact) mass is 390 g/mol. The Balaban J connectivity index is 1.88. The third-order valence-corrected chi connectivity index (χ3v) is 5.07. The van der Waals surface area contributed by atoms with Crippen LogP contribution in [0.4, 0.5) is 5.82 Å². The third-order valence-electron chi connectivity index (χ3n) is 5.07. The molecule has 0 saturated heterocycles. The Morgan fingerprint density at radius 2 is 1.90 bits per heavy atom. The van der Waals surface area contributed by atoms with Gasteiger partial charge in [-0.1, -0.05) is 25.1 Å². The van der Waals surface area contributed by atoms with Crippen LogP contribution in [-0.2, 0) is 4.79 Å². The van der Waals surface area contributed by atoms with Crippen LogP contribution in [0.15, 0.2) is 48.5 Å². The van der Waals surface area contributed by atoms with Crippen LogP contribution in [0.5, 0.6) is 0 Å². The number of hydrogen-bond acceptors (Lipinski definition) is 5. The average molecular weight is 390 g/mol. The van der Waals surface area contributed by atoms with Crippen molar-refractivity contribution in [1.82, 2.24) is 14.9 Å². The summed E-state index contributed by atoms with van der Waals surface area (Å²) >= 11 is 0. The molecular weight excluding hydrogens is 368 g/mol. The van der Waals surface area contributed by atoms with E-state index in [0.717, 1.165) is 16.6 Å². The fourth-order valence-corrected chi connectivity index (χ4v) is 3.77. The molecule has 0 radical (unpaired) electrons. The number of hydrogen-bond donors (Lipinski definition) is 1. The molecule has 2 aromatic heterocycles. The van der Waals surface area contributed by atoms with Gasteiger partial charge < -0.3 is 10.0 Å². The molecule has 1 atom stereocenters. The standard InChI is InChI=1S/C22H22N4O3/c1-3-12-25(19(28)13-27)21-16-6-4-5-7-17(16)22(29)26(21)18-11-10-15-9-8-14(2)23-20(15)24-18/h4-11,21,27H,3,12-13H2,1-2H3. The lowest BCUT2D eigenvalue weighted by molar-refractivity contribution is -0.136. The van der Waals surface area contributed by atoms with Crippen molar-refractivity contribution in [2.75, 3.05) is 18.1 Å². The third kappa shape index (κ3) is 3.23. The molecule has 0 aliphatic carbocycles. The molecule has 29 heavy (non-hydrogen) atoms. The first-order chi connectivity index (χ1) is 14.0. The summed E-state index contributed by atoms with van der Waals surface area (Å²) in [6.45, 7) is 3.63. The van der Waals surface area contributed by atoms with Gasteiger partial charge in [-0.2, -0.15) is 0 Å². The number of anilines is 1. The number of aryl methyl sites for hydroxylation is 1. The molecule has 0 saturated carbocycles. The van der Waals surface area contributed by atoms with Gasteiger partial charge >= 0.3 is 0 Å². The molecule has 148 valence electrons. The van der Waals surface area contributed by atoms with E-state index in [9.17, 15) is 14.7 Å². The molecule has 1 aromatic carbocycles. The van der Waals surface area contributed by atoms with Gasteiger partial charge in [-0.3, -0.25) is 14.5 Å². The lowest BCUT2D eigenvalue weighted by atomic mass is 10.1.